The Kier molecular flexibility index (Phi) is 8.36. The van der Waals surface area contributed by atoms with Gasteiger partial charge in [-0.1, -0.05) is 11.6 Å². The molecule has 7 nitrogen and oxygen atoms in total. The summed E-state index contributed by atoms with van der Waals surface area (Å²) in [6.45, 7) is -2.27. The molecule has 1 aromatic carbocycles. The van der Waals surface area contributed by atoms with Gasteiger partial charge in [-0.3, -0.25) is 13.5 Å². The first-order valence-electron chi connectivity index (χ1n) is 7.43. The van der Waals surface area contributed by atoms with E-state index in [0.29, 0.717) is 0 Å². The van der Waals surface area contributed by atoms with Crippen LogP contribution in [-0.4, -0.2) is 53.6 Å². The summed E-state index contributed by atoms with van der Waals surface area (Å²) in [6, 6.07) is 1.58. The molecule has 0 saturated heterocycles. The molecular formula is C14H17ClF3NO6S2. The molecule has 1 atom stereocenters. The summed E-state index contributed by atoms with van der Waals surface area (Å²) in [5.41, 5.74) is -1.26. The van der Waals surface area contributed by atoms with Crippen LogP contribution in [0.15, 0.2) is 12.1 Å². The molecule has 1 unspecified atom stereocenters. The van der Waals surface area contributed by atoms with Crippen molar-refractivity contribution in [3.63, 3.8) is 0 Å². The lowest BCUT2D eigenvalue weighted by Crippen LogP contribution is -2.37. The highest BCUT2D eigenvalue weighted by atomic mass is 35.5. The summed E-state index contributed by atoms with van der Waals surface area (Å²) in [5.74, 6) is -3.08. The van der Waals surface area contributed by atoms with E-state index in [9.17, 15) is 34.8 Å². The van der Waals surface area contributed by atoms with Crippen LogP contribution < -0.4 is 4.72 Å². The largest absolute Gasteiger partial charge is 0.465 e. The van der Waals surface area contributed by atoms with Crippen LogP contribution in [0.5, 0.6) is 0 Å². The third-order valence-electron chi connectivity index (χ3n) is 3.39. The van der Waals surface area contributed by atoms with Crippen molar-refractivity contribution in [3.05, 3.63) is 28.5 Å². The van der Waals surface area contributed by atoms with Crippen molar-refractivity contribution in [1.29, 1.82) is 0 Å². The van der Waals surface area contributed by atoms with Crippen LogP contribution >= 0.6 is 11.6 Å². The van der Waals surface area contributed by atoms with Crippen LogP contribution in [-0.2, 0) is 24.6 Å². The summed E-state index contributed by atoms with van der Waals surface area (Å²) in [4.78, 5) is 11.6. The highest BCUT2D eigenvalue weighted by molar-refractivity contribution is 8.09. The number of nitrogens with one attached hydrogen (secondary N) is 1. The zero-order valence-corrected chi connectivity index (χ0v) is 16.4. The predicted octanol–water partition coefficient (Wildman–Crippen LogP) is 2.47. The van der Waals surface area contributed by atoms with E-state index in [1.165, 1.54) is 0 Å². The minimum Gasteiger partial charge on any atom is -0.465 e. The minimum absolute atomic E-state index is 0.454. The number of benzene rings is 1. The van der Waals surface area contributed by atoms with Gasteiger partial charge in [-0.05, 0) is 18.6 Å². The number of alkyl halides is 2. The second-order valence-electron chi connectivity index (χ2n) is 5.24. The number of anilines is 1. The highest BCUT2D eigenvalue weighted by Crippen LogP contribution is 2.31. The molecular weight excluding hydrogens is 435 g/mol. The van der Waals surface area contributed by atoms with E-state index >= 15 is 0 Å². The van der Waals surface area contributed by atoms with Gasteiger partial charge in [0, 0.05) is 6.42 Å². The lowest BCUT2D eigenvalue weighted by Gasteiger charge is -2.19. The fraction of sp³-hybridized carbons (Fsp3) is 0.500. The zero-order valence-electron chi connectivity index (χ0n) is 14.0. The van der Waals surface area contributed by atoms with Crippen molar-refractivity contribution in [1.82, 2.24) is 0 Å². The smallest absolute Gasteiger partial charge is 0.342 e. The number of sulfone groups is 1. The number of halogens is 4. The number of esters is 1. The fourth-order valence-electron chi connectivity index (χ4n) is 2.14. The summed E-state index contributed by atoms with van der Waals surface area (Å²) >= 11 is 5.83. The topological polar surface area (TPSA) is 107 Å². The molecule has 0 aromatic heterocycles. The summed E-state index contributed by atoms with van der Waals surface area (Å²) in [5, 5.41) is -0.662. The first-order chi connectivity index (χ1) is 12.5. The van der Waals surface area contributed by atoms with E-state index in [-0.39, 0.29) is 0 Å². The van der Waals surface area contributed by atoms with E-state index in [1.54, 1.807) is 0 Å². The van der Waals surface area contributed by atoms with Gasteiger partial charge in [-0.2, -0.15) is 0 Å². The third-order valence-corrected chi connectivity index (χ3v) is 8.75. The molecule has 0 bridgehead atoms. The maximum absolute atomic E-state index is 13.8. The number of ether oxygens (including phenoxy) is 1. The summed E-state index contributed by atoms with van der Waals surface area (Å²) in [6.07, 6.45) is -1.35. The number of methoxy groups -OCH3 is 1. The average molecular weight is 452 g/mol. The van der Waals surface area contributed by atoms with Crippen molar-refractivity contribution in [2.24, 2.45) is 0 Å². The maximum Gasteiger partial charge on any atom is 0.342 e. The van der Waals surface area contributed by atoms with Gasteiger partial charge in [0.25, 0.3) is 0 Å². The Balaban J connectivity index is 3.34. The first-order valence-corrected chi connectivity index (χ1v) is 11.1. The van der Waals surface area contributed by atoms with Gasteiger partial charge >= 0.3 is 5.97 Å². The van der Waals surface area contributed by atoms with Crippen LogP contribution in [0.25, 0.3) is 0 Å². The molecule has 0 heterocycles. The lowest BCUT2D eigenvalue weighted by atomic mass is 10.2. The Bertz CT molecular complexity index is 892. The van der Waals surface area contributed by atoms with Crippen molar-refractivity contribution in [2.75, 3.05) is 30.9 Å². The molecule has 0 fully saturated rings. The SMILES string of the molecule is COC(=O)c1c(F)ccc(NS(=O)(=O)C(CCF)S(=O)(=O)CCCF)c1Cl. The molecule has 13 heteroatoms. The Labute approximate surface area is 159 Å². The first kappa shape index (κ1) is 23.5. The van der Waals surface area contributed by atoms with Crippen molar-refractivity contribution >= 4 is 43.1 Å². The van der Waals surface area contributed by atoms with Crippen molar-refractivity contribution in [3.8, 4) is 0 Å². The number of hydrogen-bond acceptors (Lipinski definition) is 6. The molecule has 1 aromatic rings. The maximum atomic E-state index is 13.8. The fourth-order valence-corrected chi connectivity index (χ4v) is 6.68. The Morgan fingerprint density at radius 1 is 1.22 bits per heavy atom. The monoisotopic (exact) mass is 451 g/mol. The van der Waals surface area contributed by atoms with Crippen molar-refractivity contribution in [2.45, 2.75) is 17.4 Å². The van der Waals surface area contributed by atoms with E-state index in [4.69, 9.17) is 11.6 Å². The van der Waals surface area contributed by atoms with E-state index in [0.717, 1.165) is 19.2 Å². The average Bonchev–Trinajstić information content (AvgIpc) is 2.59. The van der Waals surface area contributed by atoms with Crippen LogP contribution in [0, 0.1) is 5.82 Å². The molecule has 154 valence electrons. The molecule has 0 amide bonds. The normalized spacial score (nSPS) is 13.2. The molecule has 0 saturated carbocycles. The Hall–Kier alpha value is -1.53. The molecule has 0 aliphatic rings. The predicted molar refractivity (Wildman–Crippen MR) is 94.1 cm³/mol. The number of sulfonamides is 1. The van der Waals surface area contributed by atoms with E-state index in [1.807, 2.05) is 4.72 Å². The summed E-state index contributed by atoms with van der Waals surface area (Å²) < 4.78 is 92.0. The second kappa shape index (κ2) is 9.60. The molecule has 0 radical (unpaired) electrons. The number of carbonyl (C=O) groups is 1. The number of hydrogen-bond donors (Lipinski definition) is 1. The molecule has 0 aliphatic carbocycles. The lowest BCUT2D eigenvalue weighted by molar-refractivity contribution is 0.0595. The standard InChI is InChI=1S/C14H17ClF3NO6S2/c1-25-14(20)12-9(18)3-4-10(13(12)15)19-27(23,24)11(5-7-17)26(21,22)8-2-6-16/h3-4,11,19H,2,5-8H2,1H3. The van der Waals surface area contributed by atoms with Gasteiger partial charge in [0.15, 0.2) is 14.4 Å². The molecule has 1 rings (SSSR count). The Morgan fingerprint density at radius 3 is 2.37 bits per heavy atom. The van der Waals surface area contributed by atoms with E-state index < -0.39 is 84.4 Å². The third kappa shape index (κ3) is 5.72. The Morgan fingerprint density at radius 2 is 1.85 bits per heavy atom. The van der Waals surface area contributed by atoms with Gasteiger partial charge in [0.2, 0.25) is 10.0 Å². The second-order valence-corrected chi connectivity index (χ2v) is 10.1. The van der Waals surface area contributed by atoms with Crippen LogP contribution in [0.1, 0.15) is 23.2 Å². The van der Waals surface area contributed by atoms with Gasteiger partial charge in [-0.25, -0.2) is 26.0 Å². The molecule has 1 N–H and O–H groups in total. The number of rotatable bonds is 10. The van der Waals surface area contributed by atoms with E-state index in [2.05, 4.69) is 4.74 Å². The van der Waals surface area contributed by atoms with Crippen LogP contribution in [0.3, 0.4) is 0 Å². The summed E-state index contributed by atoms with van der Waals surface area (Å²) in [7, 11) is -8.24. The van der Waals surface area contributed by atoms with Gasteiger partial charge in [0.05, 0.1) is 36.9 Å². The zero-order chi connectivity index (χ0) is 20.8. The minimum atomic E-state index is -4.77. The molecule has 0 aliphatic heterocycles. The van der Waals surface area contributed by atoms with Gasteiger partial charge in [-0.15, -0.1) is 0 Å². The van der Waals surface area contributed by atoms with Crippen LogP contribution in [0.2, 0.25) is 5.02 Å². The number of carbonyl (C=O) groups excluding carboxylic acids is 1. The highest BCUT2D eigenvalue weighted by Gasteiger charge is 2.38. The quantitative estimate of drug-likeness (QED) is 0.548. The van der Waals surface area contributed by atoms with Gasteiger partial charge < -0.3 is 4.74 Å². The van der Waals surface area contributed by atoms with Gasteiger partial charge in [0.1, 0.15) is 11.4 Å². The van der Waals surface area contributed by atoms with Crippen LogP contribution in [0.4, 0.5) is 18.9 Å². The molecule has 0 spiro atoms. The molecule has 27 heavy (non-hydrogen) atoms. The van der Waals surface area contributed by atoms with Crippen molar-refractivity contribution < 1.29 is 39.5 Å².